The van der Waals surface area contributed by atoms with Gasteiger partial charge in [-0.25, -0.2) is 18.2 Å². The van der Waals surface area contributed by atoms with Crippen molar-refractivity contribution in [1.82, 2.24) is 14.6 Å². The van der Waals surface area contributed by atoms with Gasteiger partial charge in [-0.15, -0.1) is 0 Å². The summed E-state index contributed by atoms with van der Waals surface area (Å²) in [5.41, 5.74) is 1.36. The molecule has 0 atom stereocenters. The lowest BCUT2D eigenvalue weighted by atomic mass is 10.1. The molecule has 28 heavy (non-hydrogen) atoms. The smallest absolute Gasteiger partial charge is 0.413 e. The molecule has 0 unspecified atom stereocenters. The number of rotatable bonds is 5. The van der Waals surface area contributed by atoms with E-state index in [1.165, 1.54) is 22.8 Å². The Hall–Kier alpha value is -3.27. The molecule has 2 aromatic heterocycles. The summed E-state index contributed by atoms with van der Waals surface area (Å²) >= 11 is 0. The fraction of sp³-hybridized carbons (Fsp3) is 0.222. The van der Waals surface area contributed by atoms with Gasteiger partial charge in [0.05, 0.1) is 22.3 Å². The number of amides is 1. The van der Waals surface area contributed by atoms with Crippen molar-refractivity contribution >= 4 is 33.7 Å². The number of carbonyl (C=O) groups is 2. The number of aldehydes is 1. The van der Waals surface area contributed by atoms with Crippen LogP contribution in [0.4, 0.5) is 10.6 Å². The molecule has 1 N–H and O–H groups in total. The van der Waals surface area contributed by atoms with Gasteiger partial charge in [0, 0.05) is 17.9 Å². The molecular weight excluding hydrogens is 384 g/mol. The van der Waals surface area contributed by atoms with Crippen LogP contribution in [0, 0.1) is 0 Å². The van der Waals surface area contributed by atoms with Crippen molar-refractivity contribution in [1.29, 1.82) is 0 Å². The Morgan fingerprint density at radius 2 is 2.11 bits per heavy atom. The standard InChI is InChI=1S/C18H16N4O5S/c1-28(25,26)14-4-2-3-11(7-14)15-8-16(21-18(24)27-13-5-6-13)22-17(20-15)12(10-23)9-19-22/h2-4,7-10,13H,5-6H2,1H3,(H,21,24). The van der Waals surface area contributed by atoms with Crippen molar-refractivity contribution < 1.29 is 22.7 Å². The summed E-state index contributed by atoms with van der Waals surface area (Å²) in [5, 5.41) is 6.70. The molecule has 10 heteroatoms. The number of carbonyl (C=O) groups excluding carboxylic acids is 2. The van der Waals surface area contributed by atoms with E-state index in [4.69, 9.17) is 4.74 Å². The van der Waals surface area contributed by atoms with Gasteiger partial charge in [-0.3, -0.25) is 10.1 Å². The third-order valence-electron chi connectivity index (χ3n) is 4.21. The topological polar surface area (TPSA) is 120 Å². The molecule has 1 amide bonds. The molecule has 4 rings (SSSR count). The minimum atomic E-state index is -3.40. The molecule has 1 aliphatic carbocycles. The van der Waals surface area contributed by atoms with Crippen LogP contribution >= 0.6 is 0 Å². The minimum Gasteiger partial charge on any atom is -0.446 e. The molecule has 9 nitrogen and oxygen atoms in total. The summed E-state index contributed by atoms with van der Waals surface area (Å²) in [6.07, 6.45) is 4.02. The first-order valence-corrected chi connectivity index (χ1v) is 10.4. The number of hydrogen-bond acceptors (Lipinski definition) is 7. The molecule has 0 radical (unpaired) electrons. The molecule has 1 fully saturated rings. The monoisotopic (exact) mass is 400 g/mol. The Kier molecular flexibility index (Phi) is 4.34. The average Bonchev–Trinajstić information content (AvgIpc) is 3.36. The second kappa shape index (κ2) is 6.71. The molecule has 0 spiro atoms. The molecule has 3 aromatic rings. The molecule has 1 aliphatic rings. The van der Waals surface area contributed by atoms with Crippen molar-refractivity contribution in [2.45, 2.75) is 23.8 Å². The number of nitrogens with one attached hydrogen (secondary N) is 1. The molecule has 1 saturated carbocycles. The van der Waals surface area contributed by atoms with Gasteiger partial charge in [0.25, 0.3) is 0 Å². The van der Waals surface area contributed by atoms with Gasteiger partial charge < -0.3 is 4.74 Å². The van der Waals surface area contributed by atoms with E-state index in [-0.39, 0.29) is 28.0 Å². The third-order valence-corrected chi connectivity index (χ3v) is 5.32. The molecule has 0 aliphatic heterocycles. The van der Waals surface area contributed by atoms with Gasteiger partial charge in [-0.2, -0.15) is 9.61 Å². The first kappa shape index (κ1) is 18.1. The van der Waals surface area contributed by atoms with E-state index in [1.54, 1.807) is 18.2 Å². The first-order chi connectivity index (χ1) is 13.3. The van der Waals surface area contributed by atoms with E-state index >= 15 is 0 Å². The molecular formula is C18H16N4O5S. The number of anilines is 1. The van der Waals surface area contributed by atoms with Gasteiger partial charge in [-0.1, -0.05) is 12.1 Å². The van der Waals surface area contributed by atoms with Crippen molar-refractivity contribution in [2.24, 2.45) is 0 Å². The van der Waals surface area contributed by atoms with Crippen LogP contribution in [-0.4, -0.2) is 47.8 Å². The van der Waals surface area contributed by atoms with Crippen LogP contribution in [0.15, 0.2) is 41.4 Å². The number of sulfone groups is 1. The van der Waals surface area contributed by atoms with Gasteiger partial charge in [-0.05, 0) is 25.0 Å². The second-order valence-electron chi connectivity index (χ2n) is 6.51. The molecule has 0 bridgehead atoms. The molecule has 144 valence electrons. The molecule has 2 heterocycles. The SMILES string of the molecule is CS(=O)(=O)c1cccc(-c2cc(NC(=O)OC3CC3)n3ncc(C=O)c3n2)c1. The minimum absolute atomic E-state index is 0.0774. The highest BCUT2D eigenvalue weighted by molar-refractivity contribution is 7.90. The summed E-state index contributed by atoms with van der Waals surface area (Å²) in [4.78, 5) is 28.0. The maximum Gasteiger partial charge on any atom is 0.413 e. The van der Waals surface area contributed by atoms with Gasteiger partial charge in [0.2, 0.25) is 0 Å². The third kappa shape index (κ3) is 3.58. The summed E-state index contributed by atoms with van der Waals surface area (Å²) in [7, 11) is -3.40. The van der Waals surface area contributed by atoms with E-state index in [0.29, 0.717) is 17.5 Å². The second-order valence-corrected chi connectivity index (χ2v) is 8.53. The number of hydrogen-bond donors (Lipinski definition) is 1. The zero-order valence-electron chi connectivity index (χ0n) is 14.8. The lowest BCUT2D eigenvalue weighted by Gasteiger charge is -2.11. The maximum absolute atomic E-state index is 12.1. The Bertz CT molecular complexity index is 1200. The lowest BCUT2D eigenvalue weighted by molar-refractivity contribution is 0.112. The van der Waals surface area contributed by atoms with E-state index in [2.05, 4.69) is 15.4 Å². The number of nitrogens with zero attached hydrogens (tertiary/aromatic N) is 3. The van der Waals surface area contributed by atoms with Gasteiger partial charge >= 0.3 is 6.09 Å². The number of fused-ring (bicyclic) bond motifs is 1. The highest BCUT2D eigenvalue weighted by Gasteiger charge is 2.26. The zero-order chi connectivity index (χ0) is 19.9. The van der Waals surface area contributed by atoms with Crippen molar-refractivity contribution in [3.8, 4) is 11.3 Å². The van der Waals surface area contributed by atoms with Crippen molar-refractivity contribution in [3.63, 3.8) is 0 Å². The number of ether oxygens (including phenoxy) is 1. The van der Waals surface area contributed by atoms with Crippen LogP contribution in [0.5, 0.6) is 0 Å². The summed E-state index contributed by atoms with van der Waals surface area (Å²) < 4.78 is 30.2. The number of aromatic nitrogens is 3. The zero-order valence-corrected chi connectivity index (χ0v) is 15.6. The predicted octanol–water partition coefficient (Wildman–Crippen LogP) is 2.32. The highest BCUT2D eigenvalue weighted by atomic mass is 32.2. The summed E-state index contributed by atoms with van der Waals surface area (Å²) in [5.74, 6) is 0.253. The Morgan fingerprint density at radius 1 is 1.32 bits per heavy atom. The quantitative estimate of drug-likeness (QED) is 0.653. The predicted molar refractivity (Wildman–Crippen MR) is 100 cm³/mol. The Balaban J connectivity index is 1.82. The lowest BCUT2D eigenvalue weighted by Crippen LogP contribution is -2.17. The van der Waals surface area contributed by atoms with Gasteiger partial charge in [0.1, 0.15) is 11.9 Å². The van der Waals surface area contributed by atoms with Crippen LogP contribution in [-0.2, 0) is 14.6 Å². The fourth-order valence-corrected chi connectivity index (χ4v) is 3.32. The van der Waals surface area contributed by atoms with Crippen LogP contribution in [0.3, 0.4) is 0 Å². The fourth-order valence-electron chi connectivity index (χ4n) is 2.66. The van der Waals surface area contributed by atoms with Crippen LogP contribution in [0.2, 0.25) is 0 Å². The van der Waals surface area contributed by atoms with Crippen LogP contribution < -0.4 is 5.32 Å². The number of benzene rings is 1. The van der Waals surface area contributed by atoms with Gasteiger partial charge in [0.15, 0.2) is 21.8 Å². The van der Waals surface area contributed by atoms with Crippen LogP contribution in [0.1, 0.15) is 23.2 Å². The largest absolute Gasteiger partial charge is 0.446 e. The van der Waals surface area contributed by atoms with E-state index in [0.717, 1.165) is 19.1 Å². The maximum atomic E-state index is 12.1. The van der Waals surface area contributed by atoms with E-state index < -0.39 is 15.9 Å². The average molecular weight is 400 g/mol. The highest BCUT2D eigenvalue weighted by Crippen LogP contribution is 2.27. The molecule has 1 aromatic carbocycles. The molecule has 0 saturated heterocycles. The summed E-state index contributed by atoms with van der Waals surface area (Å²) in [6.45, 7) is 0. The first-order valence-electron chi connectivity index (χ1n) is 8.47. The van der Waals surface area contributed by atoms with Crippen molar-refractivity contribution in [3.05, 3.63) is 42.1 Å². The Labute approximate surface area is 160 Å². The van der Waals surface area contributed by atoms with E-state index in [9.17, 15) is 18.0 Å². The normalized spacial score (nSPS) is 14.0. The van der Waals surface area contributed by atoms with Crippen LogP contribution in [0.25, 0.3) is 16.9 Å². The van der Waals surface area contributed by atoms with Crippen molar-refractivity contribution in [2.75, 3.05) is 11.6 Å². The van der Waals surface area contributed by atoms with E-state index in [1.807, 2.05) is 0 Å². The Morgan fingerprint density at radius 3 is 2.79 bits per heavy atom. The summed E-state index contributed by atoms with van der Waals surface area (Å²) in [6, 6.07) is 7.81.